The molecule has 0 saturated heterocycles. The van der Waals surface area contributed by atoms with E-state index >= 15 is 0 Å². The number of carbonyl (C=O) groups excluding carboxylic acids is 2. The molecule has 0 atom stereocenters. The van der Waals surface area contributed by atoms with Crippen molar-refractivity contribution in [3.05, 3.63) is 0 Å². The van der Waals surface area contributed by atoms with E-state index in [9.17, 15) is 9.59 Å². The number of rotatable bonds is 3. The predicted molar refractivity (Wildman–Crippen MR) is 43.3 cm³/mol. The Balaban J connectivity index is 3.91. The number of hydrogen-bond acceptors (Lipinski definition) is 4. The van der Waals surface area contributed by atoms with Gasteiger partial charge in [-0.15, -0.1) is 0 Å². The van der Waals surface area contributed by atoms with E-state index in [1.54, 1.807) is 6.92 Å². The summed E-state index contributed by atoms with van der Waals surface area (Å²) in [4.78, 5) is 23.1. The minimum Gasteiger partial charge on any atom is -0.459 e. The molecule has 0 fully saturated rings. The minimum absolute atomic E-state index is 0.209. The fourth-order valence-corrected chi connectivity index (χ4v) is 0.644. The summed E-state index contributed by atoms with van der Waals surface area (Å²) >= 11 is 0. The number of esters is 1. The van der Waals surface area contributed by atoms with E-state index in [1.165, 1.54) is 11.9 Å². The first kappa shape index (κ1) is 10.9. The Morgan fingerprint density at radius 3 is 2.50 bits per heavy atom. The molecule has 0 aliphatic rings. The van der Waals surface area contributed by atoms with Crippen LogP contribution in [0.5, 0.6) is 0 Å². The van der Waals surface area contributed by atoms with E-state index in [1.807, 2.05) is 0 Å². The van der Waals surface area contributed by atoms with Crippen molar-refractivity contribution < 1.29 is 14.3 Å². The predicted octanol–water partition coefficient (Wildman–Crippen LogP) is -1.03. The van der Waals surface area contributed by atoms with Gasteiger partial charge in [-0.2, -0.15) is 0 Å². The summed E-state index contributed by atoms with van der Waals surface area (Å²) in [6.45, 7) is 2.55. The monoisotopic (exact) mass is 174 g/mol. The van der Waals surface area contributed by atoms with E-state index in [0.717, 1.165) is 0 Å². The van der Waals surface area contributed by atoms with E-state index < -0.39 is 11.9 Å². The fraction of sp³-hybridized carbons (Fsp3) is 0.714. The van der Waals surface area contributed by atoms with Crippen LogP contribution < -0.4 is 5.73 Å². The molecule has 1 amide bonds. The summed E-state index contributed by atoms with van der Waals surface area (Å²) in [5.41, 5.74) is 5.20. The molecule has 0 heterocycles. The van der Waals surface area contributed by atoms with Crippen LogP contribution in [0.25, 0.3) is 0 Å². The second kappa shape index (κ2) is 5.54. The van der Waals surface area contributed by atoms with Gasteiger partial charge in [-0.3, -0.25) is 4.79 Å². The maximum absolute atomic E-state index is 11.0. The maximum atomic E-state index is 11.0. The minimum atomic E-state index is -0.826. The van der Waals surface area contributed by atoms with E-state index in [2.05, 4.69) is 4.74 Å². The first-order valence-electron chi connectivity index (χ1n) is 3.75. The van der Waals surface area contributed by atoms with Gasteiger partial charge in [0.25, 0.3) is 0 Å². The Morgan fingerprint density at radius 2 is 2.08 bits per heavy atom. The number of nitrogens with zero attached hydrogens (tertiary/aromatic N) is 1. The fourth-order valence-electron chi connectivity index (χ4n) is 0.644. The topological polar surface area (TPSA) is 72.6 Å². The molecule has 0 radical (unpaired) electrons. The highest BCUT2D eigenvalue weighted by atomic mass is 16.5. The quantitative estimate of drug-likeness (QED) is 0.438. The molecule has 0 aromatic carbocycles. The van der Waals surface area contributed by atoms with Gasteiger partial charge < -0.3 is 15.4 Å². The summed E-state index contributed by atoms with van der Waals surface area (Å²) in [6.07, 6.45) is 0. The van der Waals surface area contributed by atoms with Crippen molar-refractivity contribution in [1.29, 1.82) is 0 Å². The van der Waals surface area contributed by atoms with Gasteiger partial charge in [0.1, 0.15) is 0 Å². The summed E-state index contributed by atoms with van der Waals surface area (Å²) in [7, 11) is 1.51. The Bertz CT molecular complexity index is 170. The van der Waals surface area contributed by atoms with Crippen LogP contribution in [0, 0.1) is 0 Å². The van der Waals surface area contributed by atoms with Crippen LogP contribution in [-0.2, 0) is 14.3 Å². The van der Waals surface area contributed by atoms with Crippen molar-refractivity contribution >= 4 is 11.9 Å². The lowest BCUT2D eigenvalue weighted by Crippen LogP contribution is -2.37. The van der Waals surface area contributed by atoms with Gasteiger partial charge in [0.15, 0.2) is 0 Å². The zero-order valence-electron chi connectivity index (χ0n) is 7.37. The summed E-state index contributed by atoms with van der Waals surface area (Å²) in [6, 6.07) is 0. The average Bonchev–Trinajstić information content (AvgIpc) is 2.04. The standard InChI is InChI=1S/C7H14N2O3/c1-3-12-7(11)6(10)9(2)5-4-8/h3-5,8H2,1-2H3. The van der Waals surface area contributed by atoms with Gasteiger partial charge in [0, 0.05) is 20.1 Å². The molecule has 0 aromatic heterocycles. The molecular formula is C7H14N2O3. The lowest BCUT2D eigenvalue weighted by molar-refractivity contribution is -0.159. The van der Waals surface area contributed by atoms with Crippen molar-refractivity contribution in [2.24, 2.45) is 5.73 Å². The van der Waals surface area contributed by atoms with E-state index in [0.29, 0.717) is 13.1 Å². The molecule has 0 aromatic rings. The van der Waals surface area contributed by atoms with Crippen molar-refractivity contribution in [2.75, 3.05) is 26.7 Å². The second-order valence-electron chi connectivity index (χ2n) is 2.24. The molecule has 0 spiro atoms. The highest BCUT2D eigenvalue weighted by Crippen LogP contribution is 1.87. The molecule has 0 bridgehead atoms. The number of nitrogens with two attached hydrogens (primary N) is 1. The molecule has 0 unspecified atom stereocenters. The third-order valence-electron chi connectivity index (χ3n) is 1.26. The number of hydrogen-bond donors (Lipinski definition) is 1. The third-order valence-corrected chi connectivity index (χ3v) is 1.26. The highest BCUT2D eigenvalue weighted by molar-refractivity contribution is 6.32. The molecule has 2 N–H and O–H groups in total. The number of likely N-dealkylation sites (N-methyl/N-ethyl adjacent to an activating group) is 1. The van der Waals surface area contributed by atoms with Crippen LogP contribution in [0.2, 0.25) is 0 Å². The van der Waals surface area contributed by atoms with Gasteiger partial charge in [0.2, 0.25) is 0 Å². The van der Waals surface area contributed by atoms with Crippen LogP contribution in [0.1, 0.15) is 6.92 Å². The molecule has 12 heavy (non-hydrogen) atoms. The van der Waals surface area contributed by atoms with Crippen molar-refractivity contribution in [2.45, 2.75) is 6.92 Å². The van der Waals surface area contributed by atoms with Gasteiger partial charge in [-0.1, -0.05) is 0 Å². The van der Waals surface area contributed by atoms with E-state index in [-0.39, 0.29) is 6.61 Å². The summed E-state index contributed by atoms with van der Waals surface area (Å²) in [5.74, 6) is -1.48. The lowest BCUT2D eigenvalue weighted by Gasteiger charge is -2.13. The zero-order chi connectivity index (χ0) is 9.56. The van der Waals surface area contributed by atoms with Crippen LogP contribution in [0.3, 0.4) is 0 Å². The van der Waals surface area contributed by atoms with Crippen molar-refractivity contribution in [3.63, 3.8) is 0 Å². The zero-order valence-corrected chi connectivity index (χ0v) is 7.37. The van der Waals surface area contributed by atoms with Crippen LogP contribution in [0.4, 0.5) is 0 Å². The second-order valence-corrected chi connectivity index (χ2v) is 2.24. The molecule has 0 rings (SSSR count). The molecular weight excluding hydrogens is 160 g/mol. The smallest absolute Gasteiger partial charge is 0.396 e. The maximum Gasteiger partial charge on any atom is 0.396 e. The highest BCUT2D eigenvalue weighted by Gasteiger charge is 2.18. The number of ether oxygens (including phenoxy) is 1. The summed E-state index contributed by atoms with van der Waals surface area (Å²) < 4.78 is 4.50. The Morgan fingerprint density at radius 1 is 1.50 bits per heavy atom. The molecule has 5 heteroatoms. The lowest BCUT2D eigenvalue weighted by atomic mass is 10.5. The molecule has 0 saturated carbocycles. The third kappa shape index (κ3) is 3.34. The Labute approximate surface area is 71.5 Å². The Hall–Kier alpha value is -1.10. The largest absolute Gasteiger partial charge is 0.459 e. The van der Waals surface area contributed by atoms with Gasteiger partial charge in [-0.05, 0) is 6.92 Å². The SMILES string of the molecule is CCOC(=O)C(=O)N(C)CCN. The normalized spacial score (nSPS) is 9.25. The summed E-state index contributed by atoms with van der Waals surface area (Å²) in [5, 5.41) is 0. The molecule has 70 valence electrons. The average molecular weight is 174 g/mol. The molecule has 0 aliphatic carbocycles. The first-order valence-corrected chi connectivity index (χ1v) is 3.75. The van der Waals surface area contributed by atoms with Gasteiger partial charge in [-0.25, -0.2) is 4.79 Å². The van der Waals surface area contributed by atoms with Crippen molar-refractivity contribution in [3.8, 4) is 0 Å². The molecule has 5 nitrogen and oxygen atoms in total. The van der Waals surface area contributed by atoms with Crippen molar-refractivity contribution in [1.82, 2.24) is 4.90 Å². The van der Waals surface area contributed by atoms with Crippen LogP contribution >= 0.6 is 0 Å². The van der Waals surface area contributed by atoms with E-state index in [4.69, 9.17) is 5.73 Å². The van der Waals surface area contributed by atoms with Crippen LogP contribution in [-0.4, -0.2) is 43.5 Å². The number of amides is 1. The molecule has 0 aliphatic heterocycles. The first-order chi connectivity index (χ1) is 5.63. The van der Waals surface area contributed by atoms with Crippen LogP contribution in [0.15, 0.2) is 0 Å². The van der Waals surface area contributed by atoms with Gasteiger partial charge >= 0.3 is 11.9 Å². The van der Waals surface area contributed by atoms with Gasteiger partial charge in [0.05, 0.1) is 6.61 Å². The Kier molecular flexibility index (Phi) is 5.03. The number of carbonyl (C=O) groups is 2.